The Hall–Kier alpha value is -1.27. The molecule has 1 N–H and O–H groups in total. The summed E-state index contributed by atoms with van der Waals surface area (Å²) >= 11 is 0.860. The van der Waals surface area contributed by atoms with Gasteiger partial charge in [-0.25, -0.2) is 9.97 Å². The molecule has 0 bridgehead atoms. The molecule has 0 spiro atoms. The summed E-state index contributed by atoms with van der Waals surface area (Å²) in [5.74, 6) is -1.43. The number of carbonyl (C=O) groups is 2. The van der Waals surface area contributed by atoms with Gasteiger partial charge in [-0.3, -0.25) is 9.59 Å². The normalized spacial score (nSPS) is 26.9. The summed E-state index contributed by atoms with van der Waals surface area (Å²) in [7, 11) is 0. The summed E-state index contributed by atoms with van der Waals surface area (Å²) in [4.78, 5) is 27.7. The largest absolute Gasteiger partial charge is 0.367 e. The number of rotatable bonds is 1. The van der Waals surface area contributed by atoms with Crippen LogP contribution < -0.4 is 0 Å². The van der Waals surface area contributed by atoms with Crippen LogP contribution in [0, 0.1) is 6.33 Å². The number of aromatic nitrogens is 2. The standard InChI is InChI=1S/C8H5N2O3S/c11-5-3-14-8(13,7(5)12)6-1-2-9-4-10-6/h1-2,13H,3H2. The Morgan fingerprint density at radius 2 is 2.36 bits per heavy atom. The maximum Gasteiger partial charge on any atom is 0.247 e. The van der Waals surface area contributed by atoms with Gasteiger partial charge in [0.2, 0.25) is 16.5 Å². The number of carbonyl (C=O) groups excluding carboxylic acids is 2. The highest BCUT2D eigenvalue weighted by Gasteiger charge is 2.49. The monoisotopic (exact) mass is 209 g/mol. The van der Waals surface area contributed by atoms with Gasteiger partial charge in [0.05, 0.1) is 11.4 Å². The average Bonchev–Trinajstić information content (AvgIpc) is 2.49. The summed E-state index contributed by atoms with van der Waals surface area (Å²) in [6, 6.07) is 1.39. The van der Waals surface area contributed by atoms with Crippen molar-refractivity contribution in [2.24, 2.45) is 0 Å². The van der Waals surface area contributed by atoms with Crippen LogP contribution >= 0.6 is 11.8 Å². The predicted octanol–water partition coefficient (Wildman–Crippen LogP) is -0.693. The molecule has 0 amide bonds. The second kappa shape index (κ2) is 3.14. The molecule has 2 heterocycles. The third-order valence-corrected chi connectivity index (χ3v) is 3.07. The van der Waals surface area contributed by atoms with Gasteiger partial charge in [-0.1, -0.05) is 0 Å². The topological polar surface area (TPSA) is 80.2 Å². The van der Waals surface area contributed by atoms with Crippen molar-refractivity contribution in [2.45, 2.75) is 4.93 Å². The molecule has 1 fully saturated rings. The molecular weight excluding hydrogens is 204 g/mol. The van der Waals surface area contributed by atoms with Crippen LogP contribution in [-0.4, -0.2) is 32.4 Å². The number of hydrogen-bond acceptors (Lipinski definition) is 6. The fraction of sp³-hybridized carbons (Fsp3) is 0.250. The van der Waals surface area contributed by atoms with Gasteiger partial charge in [-0.05, 0) is 6.07 Å². The van der Waals surface area contributed by atoms with E-state index in [0.29, 0.717) is 0 Å². The molecule has 1 aromatic rings. The zero-order valence-electron chi connectivity index (χ0n) is 6.93. The Morgan fingerprint density at radius 1 is 1.57 bits per heavy atom. The smallest absolute Gasteiger partial charge is 0.247 e. The molecule has 0 saturated carbocycles. The lowest BCUT2D eigenvalue weighted by molar-refractivity contribution is -0.141. The third kappa shape index (κ3) is 1.23. The highest BCUT2D eigenvalue weighted by atomic mass is 32.2. The van der Waals surface area contributed by atoms with E-state index in [1.807, 2.05) is 0 Å². The lowest BCUT2D eigenvalue weighted by atomic mass is 10.1. The minimum atomic E-state index is -1.84. The first-order valence-corrected chi connectivity index (χ1v) is 4.76. The lowest BCUT2D eigenvalue weighted by Gasteiger charge is -2.16. The molecule has 5 nitrogen and oxygen atoms in total. The van der Waals surface area contributed by atoms with Crippen molar-refractivity contribution in [3.63, 3.8) is 0 Å². The number of Topliss-reactive ketones (excluding diaryl/α,β-unsaturated/α-hetero) is 2. The molecule has 2 rings (SSSR count). The van der Waals surface area contributed by atoms with Crippen LogP contribution in [0.15, 0.2) is 12.3 Å². The maximum atomic E-state index is 11.3. The van der Waals surface area contributed by atoms with Crippen molar-refractivity contribution < 1.29 is 14.7 Å². The first kappa shape index (κ1) is 9.29. The van der Waals surface area contributed by atoms with Crippen LogP contribution in [0.4, 0.5) is 0 Å². The Morgan fingerprint density at radius 3 is 2.86 bits per heavy atom. The Labute approximate surface area is 83.6 Å². The number of hydrogen-bond donors (Lipinski definition) is 1. The molecule has 1 aliphatic rings. The van der Waals surface area contributed by atoms with Crippen LogP contribution in [0.3, 0.4) is 0 Å². The fourth-order valence-corrected chi connectivity index (χ4v) is 2.11. The van der Waals surface area contributed by atoms with Gasteiger partial charge in [0.1, 0.15) is 0 Å². The molecule has 1 aliphatic heterocycles. The van der Waals surface area contributed by atoms with Crippen molar-refractivity contribution in [3.8, 4) is 0 Å². The molecule has 1 aromatic heterocycles. The molecule has 1 atom stereocenters. The molecule has 71 valence electrons. The van der Waals surface area contributed by atoms with E-state index in [0.717, 1.165) is 11.8 Å². The van der Waals surface area contributed by atoms with E-state index in [2.05, 4.69) is 16.3 Å². The van der Waals surface area contributed by atoms with Crippen molar-refractivity contribution in [1.82, 2.24) is 9.97 Å². The number of aliphatic hydroxyl groups is 1. The van der Waals surface area contributed by atoms with E-state index in [-0.39, 0.29) is 11.4 Å². The quantitative estimate of drug-likeness (QED) is 0.616. The van der Waals surface area contributed by atoms with Crippen molar-refractivity contribution in [2.75, 3.05) is 5.75 Å². The fourth-order valence-electron chi connectivity index (χ4n) is 1.13. The molecule has 14 heavy (non-hydrogen) atoms. The van der Waals surface area contributed by atoms with Gasteiger partial charge in [-0.2, -0.15) is 0 Å². The molecule has 6 heteroatoms. The van der Waals surface area contributed by atoms with Gasteiger partial charge in [0.25, 0.3) is 0 Å². The highest BCUT2D eigenvalue weighted by Crippen LogP contribution is 2.38. The summed E-state index contributed by atoms with van der Waals surface area (Å²) in [5, 5.41) is 9.88. The number of ketones is 2. The van der Waals surface area contributed by atoms with E-state index < -0.39 is 16.5 Å². The lowest BCUT2D eigenvalue weighted by Crippen LogP contribution is -2.32. The third-order valence-electron chi connectivity index (χ3n) is 1.86. The van der Waals surface area contributed by atoms with Crippen molar-refractivity contribution >= 4 is 23.3 Å². The number of nitrogens with zero attached hydrogens (tertiary/aromatic N) is 2. The summed E-state index contributed by atoms with van der Waals surface area (Å²) in [6.45, 7) is 0. The first-order valence-electron chi connectivity index (χ1n) is 3.78. The number of thioether (sulfide) groups is 1. The van der Waals surface area contributed by atoms with E-state index in [1.54, 1.807) is 0 Å². The van der Waals surface area contributed by atoms with Crippen LogP contribution in [-0.2, 0) is 14.5 Å². The molecule has 0 aromatic carbocycles. The van der Waals surface area contributed by atoms with Gasteiger partial charge >= 0.3 is 0 Å². The Balaban J connectivity index is 2.44. The highest BCUT2D eigenvalue weighted by molar-refractivity contribution is 8.02. The molecule has 1 unspecified atom stereocenters. The second-order valence-corrected chi connectivity index (χ2v) is 3.90. The minimum absolute atomic E-state index is 0.0145. The first-order chi connectivity index (χ1) is 6.64. The van der Waals surface area contributed by atoms with Crippen LogP contribution in [0.2, 0.25) is 0 Å². The Kier molecular flexibility index (Phi) is 2.09. The maximum absolute atomic E-state index is 11.3. The summed E-state index contributed by atoms with van der Waals surface area (Å²) in [5.41, 5.74) is 0.105. The van der Waals surface area contributed by atoms with Gasteiger partial charge < -0.3 is 5.11 Å². The summed E-state index contributed by atoms with van der Waals surface area (Å²) in [6.07, 6.45) is 3.62. The van der Waals surface area contributed by atoms with Crippen molar-refractivity contribution in [1.29, 1.82) is 0 Å². The van der Waals surface area contributed by atoms with Gasteiger partial charge in [0.15, 0.2) is 6.33 Å². The molecular formula is C8H5N2O3S. The van der Waals surface area contributed by atoms with Crippen molar-refractivity contribution in [3.05, 3.63) is 24.3 Å². The van der Waals surface area contributed by atoms with E-state index >= 15 is 0 Å². The predicted molar refractivity (Wildman–Crippen MR) is 47.2 cm³/mol. The van der Waals surface area contributed by atoms with Gasteiger partial charge in [0, 0.05) is 6.20 Å². The van der Waals surface area contributed by atoms with Crippen LogP contribution in [0.25, 0.3) is 0 Å². The second-order valence-electron chi connectivity index (χ2n) is 2.73. The van der Waals surface area contributed by atoms with Gasteiger partial charge in [-0.15, -0.1) is 11.8 Å². The van der Waals surface area contributed by atoms with Crippen LogP contribution in [0.5, 0.6) is 0 Å². The molecule has 0 aliphatic carbocycles. The minimum Gasteiger partial charge on any atom is -0.367 e. The van der Waals surface area contributed by atoms with E-state index in [4.69, 9.17) is 0 Å². The van der Waals surface area contributed by atoms with Crippen LogP contribution in [0.1, 0.15) is 5.69 Å². The summed E-state index contributed by atoms with van der Waals surface area (Å²) < 4.78 is 0. The Bertz CT molecular complexity index is 395. The molecule has 1 saturated heterocycles. The SMILES string of the molecule is O=C1CSC(O)(c2ccn[c]n2)C1=O. The zero-order valence-corrected chi connectivity index (χ0v) is 7.74. The van der Waals surface area contributed by atoms with E-state index in [9.17, 15) is 14.7 Å². The zero-order chi connectivity index (χ0) is 10.2. The molecule has 1 radical (unpaired) electrons. The average molecular weight is 209 g/mol. The van der Waals surface area contributed by atoms with E-state index in [1.165, 1.54) is 12.3 Å².